The molecule has 0 saturated heterocycles. The van der Waals surface area contributed by atoms with Crippen molar-refractivity contribution in [2.75, 3.05) is 11.9 Å². The van der Waals surface area contributed by atoms with Crippen LogP contribution in [0.25, 0.3) is 42.4 Å². The summed E-state index contributed by atoms with van der Waals surface area (Å²) in [5.74, 6) is 1.09. The lowest BCUT2D eigenvalue weighted by molar-refractivity contribution is 0.475. The van der Waals surface area contributed by atoms with Crippen LogP contribution >= 0.6 is 11.3 Å². The van der Waals surface area contributed by atoms with Crippen molar-refractivity contribution < 1.29 is 4.74 Å². The zero-order chi connectivity index (χ0) is 29.5. The second-order valence-electron chi connectivity index (χ2n) is 10.8. The summed E-state index contributed by atoms with van der Waals surface area (Å²) in [6, 6.07) is 29.6. The molecule has 2 aliphatic rings. The fourth-order valence-corrected chi connectivity index (χ4v) is 6.85. The zero-order valence-corrected chi connectivity index (χ0v) is 24.8. The molecule has 0 radical (unpaired) electrons. The Kier molecular flexibility index (Phi) is 6.80. The zero-order valence-electron chi connectivity index (χ0n) is 24.0. The van der Waals surface area contributed by atoms with Gasteiger partial charge in [-0.15, -0.1) is 11.3 Å². The highest BCUT2D eigenvalue weighted by molar-refractivity contribution is 7.25. The van der Waals surface area contributed by atoms with Crippen molar-refractivity contribution in [3.05, 3.63) is 145 Å². The summed E-state index contributed by atoms with van der Waals surface area (Å²) in [5, 5.41) is 2.55. The van der Waals surface area contributed by atoms with Crippen molar-refractivity contribution >= 4 is 54.2 Å². The standard InChI is InChI=1S/C38H31N3OS/c1-24-25(2)31-21-26(27-18-20-37-32(22-27)30-14-8-10-16-36(30)43-37)17-19-33(31)41(3)34(23-42-35-15-9-7-13-29(24)35)38(39)40-28-11-5-4-6-12-28/h4-11,13-23,28H,1-2,12H2,3H3,(H2,39,40)/b34-23-. The van der Waals surface area contributed by atoms with Crippen LogP contribution in [0.3, 0.4) is 0 Å². The van der Waals surface area contributed by atoms with Crippen LogP contribution in [-0.4, -0.2) is 18.9 Å². The van der Waals surface area contributed by atoms with Gasteiger partial charge < -0.3 is 15.4 Å². The molecule has 0 spiro atoms. The van der Waals surface area contributed by atoms with Crippen LogP contribution in [0.4, 0.5) is 5.69 Å². The van der Waals surface area contributed by atoms with Gasteiger partial charge in [-0.3, -0.25) is 4.99 Å². The molecule has 2 heterocycles. The van der Waals surface area contributed by atoms with Gasteiger partial charge in [0.15, 0.2) is 0 Å². The van der Waals surface area contributed by atoms with Gasteiger partial charge in [0.2, 0.25) is 0 Å². The van der Waals surface area contributed by atoms with Crippen LogP contribution in [-0.2, 0) is 0 Å². The second kappa shape index (κ2) is 10.9. The van der Waals surface area contributed by atoms with Crippen LogP contribution in [0.2, 0.25) is 0 Å². The molecule has 7 rings (SSSR count). The number of para-hydroxylation sites is 1. The first-order valence-corrected chi connectivity index (χ1v) is 15.1. The number of allylic oxidation sites excluding steroid dienone is 4. The van der Waals surface area contributed by atoms with Gasteiger partial charge in [0.1, 0.15) is 23.5 Å². The van der Waals surface area contributed by atoms with Crippen LogP contribution in [0, 0.1) is 0 Å². The maximum absolute atomic E-state index is 6.69. The number of thiophene rings is 1. The van der Waals surface area contributed by atoms with Gasteiger partial charge in [0, 0.05) is 44.0 Å². The molecule has 4 aromatic carbocycles. The molecular weight excluding hydrogens is 547 g/mol. The van der Waals surface area contributed by atoms with Crippen LogP contribution in [0.5, 0.6) is 5.75 Å². The Labute approximate surface area is 255 Å². The number of rotatable bonds is 3. The summed E-state index contributed by atoms with van der Waals surface area (Å²) < 4.78 is 8.84. The Morgan fingerprint density at radius 3 is 2.47 bits per heavy atom. The summed E-state index contributed by atoms with van der Waals surface area (Å²) in [7, 11) is 1.99. The Morgan fingerprint density at radius 2 is 1.60 bits per heavy atom. The second-order valence-corrected chi connectivity index (χ2v) is 11.9. The van der Waals surface area contributed by atoms with E-state index in [4.69, 9.17) is 15.5 Å². The Balaban J connectivity index is 1.38. The van der Waals surface area contributed by atoms with Crippen molar-refractivity contribution in [3.63, 3.8) is 0 Å². The molecule has 1 aliphatic heterocycles. The van der Waals surface area contributed by atoms with Crippen molar-refractivity contribution in [2.24, 2.45) is 10.7 Å². The largest absolute Gasteiger partial charge is 0.462 e. The van der Waals surface area contributed by atoms with Gasteiger partial charge in [-0.1, -0.05) is 86.0 Å². The molecule has 0 saturated carbocycles. The van der Waals surface area contributed by atoms with E-state index in [1.165, 1.54) is 20.2 Å². The van der Waals surface area contributed by atoms with E-state index in [0.29, 0.717) is 17.3 Å². The number of benzene rings is 4. The first-order valence-electron chi connectivity index (χ1n) is 14.3. The number of ether oxygens (including phenoxy) is 1. The molecule has 5 heteroatoms. The average molecular weight is 578 g/mol. The van der Waals surface area contributed by atoms with Gasteiger partial charge >= 0.3 is 0 Å². The highest BCUT2D eigenvalue weighted by atomic mass is 32.1. The minimum absolute atomic E-state index is 0.0262. The molecule has 1 atom stereocenters. The maximum Gasteiger partial charge on any atom is 0.146 e. The Hall–Kier alpha value is -5.13. The molecule has 5 aromatic rings. The molecule has 1 aromatic heterocycles. The molecule has 0 fully saturated rings. The molecule has 4 nitrogen and oxygen atoms in total. The number of amidine groups is 1. The van der Waals surface area contributed by atoms with Gasteiger partial charge in [0.05, 0.1) is 6.04 Å². The van der Waals surface area contributed by atoms with Gasteiger partial charge in [-0.05, 0) is 65.1 Å². The first-order chi connectivity index (χ1) is 21.0. The number of hydrogen-bond acceptors (Lipinski definition) is 4. The van der Waals surface area contributed by atoms with Gasteiger partial charge in [-0.2, -0.15) is 0 Å². The van der Waals surface area contributed by atoms with E-state index in [0.717, 1.165) is 45.5 Å². The topological polar surface area (TPSA) is 50.8 Å². The van der Waals surface area contributed by atoms with Gasteiger partial charge in [-0.25, -0.2) is 0 Å². The summed E-state index contributed by atoms with van der Waals surface area (Å²) in [6.45, 7) is 9.00. The fourth-order valence-electron chi connectivity index (χ4n) is 5.77. The van der Waals surface area contributed by atoms with Crippen LogP contribution in [0.1, 0.15) is 17.5 Å². The van der Waals surface area contributed by atoms with E-state index >= 15 is 0 Å². The maximum atomic E-state index is 6.69. The van der Waals surface area contributed by atoms with Crippen molar-refractivity contribution in [3.8, 4) is 16.9 Å². The fraction of sp³-hybridized carbons (Fsp3) is 0.0789. The van der Waals surface area contributed by atoms with Crippen molar-refractivity contribution in [1.29, 1.82) is 0 Å². The molecule has 1 aliphatic carbocycles. The number of nitrogens with zero attached hydrogens (tertiary/aromatic N) is 2. The SMILES string of the molecule is C=C1C(=C)c2cc(-c3ccc4sc5ccccc5c4c3)ccc2N(C)/C(C(N)=NC2C=CC=CC2)=C\Oc2ccccc21. The van der Waals surface area contributed by atoms with Crippen LogP contribution in [0.15, 0.2) is 139 Å². The van der Waals surface area contributed by atoms with Gasteiger partial charge in [0.25, 0.3) is 0 Å². The lowest BCUT2D eigenvalue weighted by Crippen LogP contribution is -2.31. The highest BCUT2D eigenvalue weighted by Crippen LogP contribution is 2.42. The third-order valence-electron chi connectivity index (χ3n) is 8.15. The van der Waals surface area contributed by atoms with Crippen molar-refractivity contribution in [1.82, 2.24) is 0 Å². The third-order valence-corrected chi connectivity index (χ3v) is 9.31. The predicted molar refractivity (Wildman–Crippen MR) is 185 cm³/mol. The minimum Gasteiger partial charge on any atom is -0.462 e. The minimum atomic E-state index is -0.0262. The summed E-state index contributed by atoms with van der Waals surface area (Å²) in [4.78, 5) is 6.87. The monoisotopic (exact) mass is 577 g/mol. The number of hydrogen-bond donors (Lipinski definition) is 1. The quantitative estimate of drug-likeness (QED) is 0.172. The lowest BCUT2D eigenvalue weighted by Gasteiger charge is -2.28. The van der Waals surface area contributed by atoms with E-state index < -0.39 is 0 Å². The van der Waals surface area contributed by atoms with E-state index in [2.05, 4.69) is 86.0 Å². The van der Waals surface area contributed by atoms with Crippen molar-refractivity contribution in [2.45, 2.75) is 12.5 Å². The molecule has 43 heavy (non-hydrogen) atoms. The van der Waals surface area contributed by atoms with E-state index in [-0.39, 0.29) is 6.04 Å². The molecule has 0 amide bonds. The number of anilines is 1. The van der Waals surface area contributed by atoms with E-state index in [1.54, 1.807) is 6.26 Å². The molecule has 1 unspecified atom stereocenters. The number of aliphatic imine (C=N–C) groups is 1. The smallest absolute Gasteiger partial charge is 0.146 e. The first kappa shape index (κ1) is 26.7. The summed E-state index contributed by atoms with van der Waals surface area (Å²) >= 11 is 1.83. The molecule has 210 valence electrons. The molecular formula is C38H31N3OS. The van der Waals surface area contributed by atoms with E-state index in [1.807, 2.05) is 59.7 Å². The van der Waals surface area contributed by atoms with E-state index in [9.17, 15) is 0 Å². The molecule has 0 bridgehead atoms. The molecule has 2 N–H and O–H groups in total. The average Bonchev–Trinajstić information content (AvgIpc) is 3.42. The summed E-state index contributed by atoms with van der Waals surface area (Å²) in [5.41, 5.74) is 14.0. The normalized spacial score (nSPS) is 18.3. The third kappa shape index (κ3) is 4.88. The highest BCUT2D eigenvalue weighted by Gasteiger charge is 2.23. The Morgan fingerprint density at radius 1 is 0.860 bits per heavy atom. The van der Waals surface area contributed by atoms with Crippen LogP contribution < -0.4 is 15.4 Å². The number of fused-ring (bicyclic) bond motifs is 5. The predicted octanol–water partition coefficient (Wildman–Crippen LogP) is 9.36. The Bertz CT molecular complexity index is 2060. The number of nitrogens with two attached hydrogens (primary N) is 1. The lowest BCUT2D eigenvalue weighted by atomic mass is 9.90. The summed E-state index contributed by atoms with van der Waals surface area (Å²) in [6.07, 6.45) is 10.7. The number of likely N-dealkylation sites (N-methyl/N-ethyl adjacent to an activating group) is 1.